The molecule has 0 aliphatic heterocycles. The molecular weight excluding hydrogens is 288 g/mol. The molecule has 0 fully saturated rings. The van der Waals surface area contributed by atoms with Gasteiger partial charge in [0.05, 0.1) is 12.1 Å². The van der Waals surface area contributed by atoms with Crippen molar-refractivity contribution in [1.82, 2.24) is 5.32 Å². The van der Waals surface area contributed by atoms with E-state index in [-0.39, 0.29) is 12.1 Å². The van der Waals surface area contributed by atoms with Crippen molar-refractivity contribution in [2.45, 2.75) is 38.1 Å². The van der Waals surface area contributed by atoms with Crippen molar-refractivity contribution in [1.29, 1.82) is 5.26 Å². The van der Waals surface area contributed by atoms with Gasteiger partial charge in [-0.25, -0.2) is 0 Å². The number of rotatable bonds is 5. The smallest absolute Gasteiger partial charge is 0.181 e. The lowest BCUT2D eigenvalue weighted by molar-refractivity contribution is 0.140. The molecule has 118 valence electrons. The van der Waals surface area contributed by atoms with E-state index in [9.17, 15) is 5.11 Å². The second-order valence-corrected chi connectivity index (χ2v) is 5.86. The number of hydrogen-bond donors (Lipinski definition) is 2. The lowest BCUT2D eigenvalue weighted by Crippen LogP contribution is -2.28. The number of ether oxygens (including phenoxy) is 1. The minimum Gasteiger partial charge on any atom is -0.476 e. The minimum absolute atomic E-state index is 0.0271. The number of nitrogens with one attached hydrogen (secondary N) is 1. The Hall–Kier alpha value is -2.35. The number of aliphatic hydroxyl groups excluding tert-OH is 1. The first kappa shape index (κ1) is 15.5. The number of nitrogens with zero attached hydrogens (tertiary/aromatic N) is 1. The van der Waals surface area contributed by atoms with Crippen molar-refractivity contribution in [3.05, 3.63) is 65.2 Å². The van der Waals surface area contributed by atoms with E-state index in [2.05, 4.69) is 17.4 Å². The maximum atomic E-state index is 10.2. The van der Waals surface area contributed by atoms with Crippen LogP contribution in [-0.2, 0) is 13.0 Å². The van der Waals surface area contributed by atoms with E-state index < -0.39 is 6.10 Å². The summed E-state index contributed by atoms with van der Waals surface area (Å²) in [7, 11) is 0. The van der Waals surface area contributed by atoms with Crippen LogP contribution in [0.5, 0.6) is 5.75 Å². The normalized spacial score (nSPS) is 20.6. The summed E-state index contributed by atoms with van der Waals surface area (Å²) in [6.45, 7) is 2.39. The van der Waals surface area contributed by atoms with E-state index in [1.807, 2.05) is 42.5 Å². The van der Waals surface area contributed by atoms with E-state index in [4.69, 9.17) is 10.00 Å². The fraction of sp³-hybridized carbons (Fsp3) is 0.316. The number of benzene rings is 2. The van der Waals surface area contributed by atoms with E-state index in [0.717, 1.165) is 5.56 Å². The van der Waals surface area contributed by atoms with Gasteiger partial charge in [0.25, 0.3) is 0 Å². The quantitative estimate of drug-likeness (QED) is 0.891. The van der Waals surface area contributed by atoms with Gasteiger partial charge in [0.2, 0.25) is 0 Å². The van der Waals surface area contributed by atoms with E-state index in [0.29, 0.717) is 18.7 Å². The van der Waals surface area contributed by atoms with Gasteiger partial charge in [-0.2, -0.15) is 5.26 Å². The Morgan fingerprint density at radius 2 is 2.00 bits per heavy atom. The summed E-state index contributed by atoms with van der Waals surface area (Å²) in [6, 6.07) is 17.9. The molecule has 0 amide bonds. The van der Waals surface area contributed by atoms with Crippen LogP contribution >= 0.6 is 0 Å². The Balaban J connectivity index is 1.62. The Labute approximate surface area is 136 Å². The van der Waals surface area contributed by atoms with Gasteiger partial charge in [-0.05, 0) is 35.7 Å². The average molecular weight is 308 g/mol. The van der Waals surface area contributed by atoms with Crippen molar-refractivity contribution >= 4 is 0 Å². The maximum absolute atomic E-state index is 10.2. The fourth-order valence-corrected chi connectivity index (χ4v) is 2.96. The summed E-state index contributed by atoms with van der Waals surface area (Å²) in [5, 5.41) is 22.4. The topological polar surface area (TPSA) is 65.3 Å². The molecule has 4 nitrogen and oxygen atoms in total. The van der Waals surface area contributed by atoms with Gasteiger partial charge in [0, 0.05) is 13.0 Å². The van der Waals surface area contributed by atoms with Crippen LogP contribution in [0.15, 0.2) is 48.5 Å². The largest absolute Gasteiger partial charge is 0.476 e. The molecule has 0 bridgehead atoms. The van der Waals surface area contributed by atoms with Gasteiger partial charge in [-0.1, -0.05) is 36.4 Å². The molecule has 0 aromatic heterocycles. The first-order chi connectivity index (χ1) is 11.2. The van der Waals surface area contributed by atoms with Gasteiger partial charge >= 0.3 is 0 Å². The van der Waals surface area contributed by atoms with Gasteiger partial charge in [0.1, 0.15) is 11.8 Å². The summed E-state index contributed by atoms with van der Waals surface area (Å²) in [5.74, 6) is 0.689. The Morgan fingerprint density at radius 3 is 2.74 bits per heavy atom. The molecule has 3 atom stereocenters. The van der Waals surface area contributed by atoms with E-state index >= 15 is 0 Å². The van der Waals surface area contributed by atoms with Crippen molar-refractivity contribution in [3.8, 4) is 11.8 Å². The van der Waals surface area contributed by atoms with Crippen LogP contribution in [0.4, 0.5) is 0 Å². The van der Waals surface area contributed by atoms with Gasteiger partial charge in [-0.15, -0.1) is 0 Å². The zero-order valence-corrected chi connectivity index (χ0v) is 13.1. The van der Waals surface area contributed by atoms with Crippen LogP contribution in [0, 0.1) is 11.3 Å². The maximum Gasteiger partial charge on any atom is 0.181 e. The lowest BCUT2D eigenvalue weighted by atomic mass is 10.1. The summed E-state index contributed by atoms with van der Waals surface area (Å²) >= 11 is 0. The van der Waals surface area contributed by atoms with Gasteiger partial charge in [-0.3, -0.25) is 0 Å². The molecule has 1 aliphatic carbocycles. The first-order valence-corrected chi connectivity index (χ1v) is 7.82. The highest BCUT2D eigenvalue weighted by Crippen LogP contribution is 2.31. The average Bonchev–Trinajstić information content (AvgIpc) is 2.89. The van der Waals surface area contributed by atoms with Crippen LogP contribution in [0.1, 0.15) is 29.7 Å². The molecule has 0 radical (unpaired) electrons. The summed E-state index contributed by atoms with van der Waals surface area (Å²) in [4.78, 5) is 0. The Kier molecular flexibility index (Phi) is 4.61. The Morgan fingerprint density at radius 1 is 1.26 bits per heavy atom. The summed E-state index contributed by atoms with van der Waals surface area (Å²) < 4.78 is 5.44. The van der Waals surface area contributed by atoms with E-state index in [1.165, 1.54) is 11.1 Å². The van der Waals surface area contributed by atoms with Crippen molar-refractivity contribution in [3.63, 3.8) is 0 Å². The zero-order chi connectivity index (χ0) is 16.2. The molecule has 3 rings (SSSR count). The SMILES string of the molecule is CC(C#N)Oc1ccc(CN[C@@H]2c3ccccc3C[C@@H]2O)cc1. The molecule has 2 N–H and O–H groups in total. The zero-order valence-electron chi connectivity index (χ0n) is 13.1. The molecule has 0 saturated heterocycles. The number of hydrogen-bond acceptors (Lipinski definition) is 4. The van der Waals surface area contributed by atoms with Crippen LogP contribution in [0.25, 0.3) is 0 Å². The standard InChI is InChI=1S/C19H20N2O2/c1-13(11-20)23-16-8-6-14(7-9-16)12-21-19-17-5-3-2-4-15(17)10-18(19)22/h2-9,13,18-19,21-22H,10,12H2,1H3/t13?,18-,19+/m0/s1. The van der Waals surface area contributed by atoms with Crippen molar-refractivity contribution in [2.75, 3.05) is 0 Å². The molecule has 1 aliphatic rings. The molecule has 4 heteroatoms. The highest BCUT2D eigenvalue weighted by Gasteiger charge is 2.29. The molecular formula is C19H20N2O2. The summed E-state index contributed by atoms with van der Waals surface area (Å²) in [6.07, 6.45) is -0.136. The third-order valence-corrected chi connectivity index (χ3v) is 4.15. The highest BCUT2D eigenvalue weighted by atomic mass is 16.5. The predicted octanol–water partition coefficient (Wildman–Crippen LogP) is 2.73. The van der Waals surface area contributed by atoms with Crippen LogP contribution in [-0.4, -0.2) is 17.3 Å². The second-order valence-electron chi connectivity index (χ2n) is 5.86. The lowest BCUT2D eigenvalue weighted by Gasteiger charge is -2.18. The third-order valence-electron chi connectivity index (χ3n) is 4.15. The van der Waals surface area contributed by atoms with Crippen molar-refractivity contribution in [2.24, 2.45) is 0 Å². The first-order valence-electron chi connectivity index (χ1n) is 7.82. The predicted molar refractivity (Wildman–Crippen MR) is 87.9 cm³/mol. The molecule has 2 aromatic rings. The number of fused-ring (bicyclic) bond motifs is 1. The van der Waals surface area contributed by atoms with Crippen LogP contribution in [0.3, 0.4) is 0 Å². The molecule has 2 aromatic carbocycles. The minimum atomic E-state index is -0.455. The molecule has 0 spiro atoms. The van der Waals surface area contributed by atoms with Crippen molar-refractivity contribution < 1.29 is 9.84 Å². The second kappa shape index (κ2) is 6.82. The molecule has 23 heavy (non-hydrogen) atoms. The monoisotopic (exact) mass is 308 g/mol. The number of aliphatic hydroxyl groups is 1. The Bertz CT molecular complexity index is 706. The van der Waals surface area contributed by atoms with E-state index in [1.54, 1.807) is 6.92 Å². The fourth-order valence-electron chi connectivity index (χ4n) is 2.96. The summed E-state index contributed by atoms with van der Waals surface area (Å²) in [5.41, 5.74) is 3.51. The third kappa shape index (κ3) is 3.53. The highest BCUT2D eigenvalue weighted by molar-refractivity contribution is 5.36. The molecule has 1 unspecified atom stereocenters. The van der Waals surface area contributed by atoms with Crippen LogP contribution < -0.4 is 10.1 Å². The van der Waals surface area contributed by atoms with Crippen LogP contribution in [0.2, 0.25) is 0 Å². The molecule has 0 saturated carbocycles. The van der Waals surface area contributed by atoms with Gasteiger partial charge < -0.3 is 15.2 Å². The molecule has 0 heterocycles. The van der Waals surface area contributed by atoms with Gasteiger partial charge in [0.15, 0.2) is 6.10 Å². The number of nitriles is 1.